The van der Waals surface area contributed by atoms with Crippen molar-refractivity contribution in [3.05, 3.63) is 28.8 Å². The molecule has 3 rings (SSSR count). The molecule has 1 aliphatic heterocycles. The first-order valence-electron chi connectivity index (χ1n) is 5.52. The maximum atomic E-state index is 5.71. The minimum absolute atomic E-state index is 0.131. The number of hydrogen-bond acceptors (Lipinski definition) is 4. The van der Waals surface area contributed by atoms with Crippen LogP contribution in [0.4, 0.5) is 0 Å². The van der Waals surface area contributed by atoms with Crippen LogP contribution in [0.25, 0.3) is 10.2 Å². The molecule has 2 aromatic rings. The molecule has 1 aliphatic rings. The van der Waals surface area contributed by atoms with Gasteiger partial charge in [-0.1, -0.05) is 6.07 Å². The van der Waals surface area contributed by atoms with Gasteiger partial charge in [0.15, 0.2) is 0 Å². The van der Waals surface area contributed by atoms with Gasteiger partial charge in [-0.2, -0.15) is 0 Å². The van der Waals surface area contributed by atoms with Gasteiger partial charge >= 0.3 is 0 Å². The van der Waals surface area contributed by atoms with Crippen molar-refractivity contribution in [2.75, 3.05) is 19.7 Å². The van der Waals surface area contributed by atoms with E-state index < -0.39 is 0 Å². The smallest absolute Gasteiger partial charge is 0.124 e. The summed E-state index contributed by atoms with van der Waals surface area (Å²) in [5.74, 6) is 0. The van der Waals surface area contributed by atoms with Crippen molar-refractivity contribution in [1.82, 2.24) is 10.3 Å². The molecule has 0 aliphatic carbocycles. The van der Waals surface area contributed by atoms with Gasteiger partial charge in [-0.3, -0.25) is 0 Å². The number of hydrogen-bond donors (Lipinski definition) is 1. The first-order valence-corrected chi connectivity index (χ1v) is 6.34. The fourth-order valence-electron chi connectivity index (χ4n) is 1.92. The van der Waals surface area contributed by atoms with Gasteiger partial charge in [-0.15, -0.1) is 11.3 Å². The zero-order chi connectivity index (χ0) is 11.0. The third-order valence-electron chi connectivity index (χ3n) is 2.76. The molecule has 0 spiro atoms. The molecule has 1 aromatic heterocycles. The molecule has 1 atom stereocenters. The van der Waals surface area contributed by atoms with E-state index in [1.165, 1.54) is 10.3 Å². The van der Waals surface area contributed by atoms with E-state index in [0.717, 1.165) is 30.2 Å². The molecule has 4 heteroatoms. The van der Waals surface area contributed by atoms with E-state index in [9.17, 15) is 0 Å². The standard InChI is InChI=1S/C12H14N2OS/c1-8-2-3-11-9(6-8)14-12(16-11)10-7-13-4-5-15-10/h2-3,6,10,13H,4-5,7H2,1H3. The van der Waals surface area contributed by atoms with Gasteiger partial charge in [0.05, 0.1) is 16.8 Å². The van der Waals surface area contributed by atoms with Crippen molar-refractivity contribution in [2.45, 2.75) is 13.0 Å². The molecule has 2 heterocycles. The van der Waals surface area contributed by atoms with Crippen LogP contribution in [-0.4, -0.2) is 24.7 Å². The molecule has 0 saturated carbocycles. The van der Waals surface area contributed by atoms with Crippen molar-refractivity contribution in [2.24, 2.45) is 0 Å². The molecule has 0 bridgehead atoms. The lowest BCUT2D eigenvalue weighted by Crippen LogP contribution is -2.33. The van der Waals surface area contributed by atoms with Gasteiger partial charge in [0.25, 0.3) is 0 Å². The number of ether oxygens (including phenoxy) is 1. The molecule has 3 nitrogen and oxygen atoms in total. The predicted molar refractivity (Wildman–Crippen MR) is 65.9 cm³/mol. The monoisotopic (exact) mass is 234 g/mol. The first kappa shape index (κ1) is 10.2. The SMILES string of the molecule is Cc1ccc2sc(C3CNCCO3)nc2c1. The summed E-state index contributed by atoms with van der Waals surface area (Å²) in [7, 11) is 0. The second-order valence-electron chi connectivity index (χ2n) is 4.09. The lowest BCUT2D eigenvalue weighted by atomic mass is 10.2. The Balaban J connectivity index is 1.97. The second kappa shape index (κ2) is 4.13. The van der Waals surface area contributed by atoms with E-state index in [-0.39, 0.29) is 6.10 Å². The maximum absolute atomic E-state index is 5.71. The molecule has 84 valence electrons. The molecule has 0 amide bonds. The Morgan fingerprint density at radius 2 is 2.44 bits per heavy atom. The number of nitrogens with one attached hydrogen (secondary N) is 1. The first-order chi connectivity index (χ1) is 7.83. The number of benzene rings is 1. The number of fused-ring (bicyclic) bond motifs is 1. The molecular formula is C12H14N2OS. The van der Waals surface area contributed by atoms with E-state index in [4.69, 9.17) is 4.74 Å². The molecule has 1 aromatic carbocycles. The van der Waals surface area contributed by atoms with Crippen molar-refractivity contribution >= 4 is 21.6 Å². The lowest BCUT2D eigenvalue weighted by molar-refractivity contribution is 0.0277. The fraction of sp³-hybridized carbons (Fsp3) is 0.417. The van der Waals surface area contributed by atoms with Crippen LogP contribution in [0.1, 0.15) is 16.7 Å². The molecule has 0 radical (unpaired) electrons. The highest BCUT2D eigenvalue weighted by molar-refractivity contribution is 7.18. The number of nitrogens with zero attached hydrogens (tertiary/aromatic N) is 1. The van der Waals surface area contributed by atoms with Crippen LogP contribution >= 0.6 is 11.3 Å². The van der Waals surface area contributed by atoms with Gasteiger partial charge in [0.1, 0.15) is 11.1 Å². The Labute approximate surface area is 98.5 Å². The normalized spacial score (nSPS) is 21.4. The van der Waals surface area contributed by atoms with E-state index in [2.05, 4.69) is 35.4 Å². The zero-order valence-corrected chi connectivity index (χ0v) is 10.0. The third-order valence-corrected chi connectivity index (χ3v) is 3.89. The van der Waals surface area contributed by atoms with Crippen molar-refractivity contribution in [1.29, 1.82) is 0 Å². The summed E-state index contributed by atoms with van der Waals surface area (Å²) in [5.41, 5.74) is 2.35. The Hall–Kier alpha value is -0.970. The van der Waals surface area contributed by atoms with Crippen LogP contribution in [0, 0.1) is 6.92 Å². The third kappa shape index (κ3) is 1.84. The van der Waals surface area contributed by atoms with Crippen molar-refractivity contribution in [3.63, 3.8) is 0 Å². The summed E-state index contributed by atoms with van der Waals surface area (Å²) in [6, 6.07) is 6.40. The Morgan fingerprint density at radius 3 is 3.25 bits per heavy atom. The van der Waals surface area contributed by atoms with Crippen LogP contribution in [0.3, 0.4) is 0 Å². The molecule has 1 N–H and O–H groups in total. The van der Waals surface area contributed by atoms with Gasteiger partial charge in [-0.05, 0) is 24.6 Å². The average molecular weight is 234 g/mol. The van der Waals surface area contributed by atoms with Crippen LogP contribution in [-0.2, 0) is 4.74 Å². The lowest BCUT2D eigenvalue weighted by Gasteiger charge is -2.21. The minimum Gasteiger partial charge on any atom is -0.368 e. The largest absolute Gasteiger partial charge is 0.368 e. The van der Waals surface area contributed by atoms with Gasteiger partial charge < -0.3 is 10.1 Å². The summed E-state index contributed by atoms with van der Waals surface area (Å²) in [5, 5.41) is 4.42. The Morgan fingerprint density at radius 1 is 1.50 bits per heavy atom. The van der Waals surface area contributed by atoms with E-state index in [1.54, 1.807) is 11.3 Å². The minimum atomic E-state index is 0.131. The van der Waals surface area contributed by atoms with E-state index in [1.807, 2.05) is 0 Å². The summed E-state index contributed by atoms with van der Waals surface area (Å²) in [6.45, 7) is 4.69. The summed E-state index contributed by atoms with van der Waals surface area (Å²) in [4.78, 5) is 4.65. The second-order valence-corrected chi connectivity index (χ2v) is 5.15. The molecule has 1 saturated heterocycles. The summed E-state index contributed by atoms with van der Waals surface area (Å²) >= 11 is 1.74. The maximum Gasteiger partial charge on any atom is 0.124 e. The van der Waals surface area contributed by atoms with E-state index >= 15 is 0 Å². The van der Waals surface area contributed by atoms with Crippen LogP contribution in [0.2, 0.25) is 0 Å². The van der Waals surface area contributed by atoms with Crippen LogP contribution in [0.15, 0.2) is 18.2 Å². The highest BCUT2D eigenvalue weighted by atomic mass is 32.1. The Kier molecular flexibility index (Phi) is 2.63. The number of thiazole rings is 1. The number of aromatic nitrogens is 1. The summed E-state index contributed by atoms with van der Waals surface area (Å²) < 4.78 is 6.95. The fourth-order valence-corrected chi connectivity index (χ4v) is 2.91. The Bertz CT molecular complexity index is 503. The van der Waals surface area contributed by atoms with Gasteiger partial charge in [0, 0.05) is 13.1 Å². The molecule has 1 unspecified atom stereocenters. The average Bonchev–Trinajstić information content (AvgIpc) is 2.73. The quantitative estimate of drug-likeness (QED) is 0.822. The van der Waals surface area contributed by atoms with Crippen LogP contribution < -0.4 is 5.32 Å². The number of aryl methyl sites for hydroxylation is 1. The van der Waals surface area contributed by atoms with Gasteiger partial charge in [0.2, 0.25) is 0 Å². The highest BCUT2D eigenvalue weighted by Gasteiger charge is 2.19. The van der Waals surface area contributed by atoms with Crippen LogP contribution in [0.5, 0.6) is 0 Å². The zero-order valence-electron chi connectivity index (χ0n) is 9.19. The predicted octanol–water partition coefficient (Wildman–Crippen LogP) is 2.27. The molecule has 16 heavy (non-hydrogen) atoms. The highest BCUT2D eigenvalue weighted by Crippen LogP contribution is 2.29. The number of morpholine rings is 1. The van der Waals surface area contributed by atoms with Gasteiger partial charge in [-0.25, -0.2) is 4.98 Å². The number of rotatable bonds is 1. The van der Waals surface area contributed by atoms with Crippen molar-refractivity contribution < 1.29 is 4.74 Å². The van der Waals surface area contributed by atoms with Crippen molar-refractivity contribution in [3.8, 4) is 0 Å². The van der Waals surface area contributed by atoms with E-state index in [0.29, 0.717) is 0 Å². The summed E-state index contributed by atoms with van der Waals surface area (Å²) in [6.07, 6.45) is 0.131. The topological polar surface area (TPSA) is 34.1 Å². The molecule has 1 fully saturated rings. The molecular weight excluding hydrogens is 220 g/mol.